The summed E-state index contributed by atoms with van der Waals surface area (Å²) in [6, 6.07) is -0.763. The number of carbonyl (C=O) groups excluding carboxylic acids is 2. The summed E-state index contributed by atoms with van der Waals surface area (Å²) in [5.41, 5.74) is 0. The first-order chi connectivity index (χ1) is 6.84. The average Bonchev–Trinajstić information content (AvgIpc) is 2.13. The molecule has 0 spiro atoms. The molecule has 15 heavy (non-hydrogen) atoms. The maximum atomic E-state index is 11.5. The van der Waals surface area contributed by atoms with Gasteiger partial charge in [-0.25, -0.2) is 4.79 Å². The predicted octanol–water partition coefficient (Wildman–Crippen LogP) is 0.418. The molecule has 0 radical (unpaired) electrons. The van der Waals surface area contributed by atoms with Crippen molar-refractivity contribution in [2.75, 3.05) is 20.6 Å². The van der Waals surface area contributed by atoms with Crippen molar-refractivity contribution < 1.29 is 9.59 Å². The van der Waals surface area contributed by atoms with Crippen LogP contribution < -0.4 is 10.6 Å². The molecule has 0 rings (SSSR count). The van der Waals surface area contributed by atoms with Gasteiger partial charge in [-0.15, -0.1) is 0 Å². The lowest BCUT2D eigenvalue weighted by Gasteiger charge is -2.18. The van der Waals surface area contributed by atoms with Crippen molar-refractivity contribution in [2.45, 2.75) is 26.8 Å². The molecule has 0 aromatic carbocycles. The van der Waals surface area contributed by atoms with E-state index in [1.54, 1.807) is 21.0 Å². The van der Waals surface area contributed by atoms with Gasteiger partial charge in [-0.2, -0.15) is 0 Å². The lowest BCUT2D eigenvalue weighted by Crippen LogP contribution is -2.48. The molecule has 0 fully saturated rings. The van der Waals surface area contributed by atoms with Crippen LogP contribution >= 0.6 is 0 Å². The Bertz CT molecular complexity index is 227. The van der Waals surface area contributed by atoms with Crippen LogP contribution in [-0.4, -0.2) is 43.5 Å². The molecule has 0 saturated heterocycles. The van der Waals surface area contributed by atoms with E-state index in [9.17, 15) is 9.59 Å². The Morgan fingerprint density at radius 2 is 1.73 bits per heavy atom. The van der Waals surface area contributed by atoms with Crippen molar-refractivity contribution in [2.24, 2.45) is 5.92 Å². The third-order valence-electron chi connectivity index (χ3n) is 1.82. The fourth-order valence-electron chi connectivity index (χ4n) is 0.838. The van der Waals surface area contributed by atoms with Gasteiger partial charge in [-0.3, -0.25) is 4.79 Å². The van der Waals surface area contributed by atoms with Gasteiger partial charge in [0.25, 0.3) is 0 Å². The van der Waals surface area contributed by atoms with E-state index in [-0.39, 0.29) is 11.9 Å². The van der Waals surface area contributed by atoms with Crippen LogP contribution in [0, 0.1) is 5.92 Å². The van der Waals surface area contributed by atoms with E-state index >= 15 is 0 Å². The zero-order valence-electron chi connectivity index (χ0n) is 10.1. The minimum absolute atomic E-state index is 0.154. The summed E-state index contributed by atoms with van der Waals surface area (Å²) < 4.78 is 0. The highest BCUT2D eigenvalue weighted by Gasteiger charge is 2.15. The normalized spacial score (nSPS) is 12.1. The molecular weight excluding hydrogens is 194 g/mol. The molecule has 88 valence electrons. The van der Waals surface area contributed by atoms with Crippen molar-refractivity contribution in [3.63, 3.8) is 0 Å². The molecule has 0 aliphatic rings. The fourth-order valence-corrected chi connectivity index (χ4v) is 0.838. The quantitative estimate of drug-likeness (QED) is 0.714. The van der Waals surface area contributed by atoms with Gasteiger partial charge in [0.1, 0.15) is 6.04 Å². The Morgan fingerprint density at radius 3 is 2.13 bits per heavy atom. The topological polar surface area (TPSA) is 61.4 Å². The van der Waals surface area contributed by atoms with Crippen LogP contribution in [0.15, 0.2) is 0 Å². The largest absolute Gasteiger partial charge is 0.354 e. The highest BCUT2D eigenvalue weighted by molar-refractivity contribution is 5.86. The summed E-state index contributed by atoms with van der Waals surface area (Å²) in [4.78, 5) is 24.1. The lowest BCUT2D eigenvalue weighted by molar-refractivity contribution is -0.122. The Hall–Kier alpha value is -1.26. The molecule has 3 amide bonds. The molecule has 2 N–H and O–H groups in total. The molecular formula is C10H21N3O2. The molecule has 5 heteroatoms. The van der Waals surface area contributed by atoms with E-state index in [0.29, 0.717) is 12.5 Å². The van der Waals surface area contributed by atoms with E-state index in [2.05, 4.69) is 10.6 Å². The molecule has 0 aliphatic carbocycles. The van der Waals surface area contributed by atoms with Crippen LogP contribution in [0.5, 0.6) is 0 Å². The zero-order chi connectivity index (χ0) is 12.0. The summed E-state index contributed by atoms with van der Waals surface area (Å²) in [5.74, 6) is 0.254. The molecule has 0 aromatic heterocycles. The van der Waals surface area contributed by atoms with Crippen LogP contribution in [-0.2, 0) is 4.79 Å². The molecule has 0 aromatic rings. The van der Waals surface area contributed by atoms with Crippen LogP contribution in [0.2, 0.25) is 0 Å². The number of urea groups is 1. The van der Waals surface area contributed by atoms with E-state index in [1.165, 1.54) is 4.90 Å². The minimum atomic E-state index is -0.501. The van der Waals surface area contributed by atoms with Crippen molar-refractivity contribution >= 4 is 11.9 Å². The van der Waals surface area contributed by atoms with Crippen LogP contribution in [0.1, 0.15) is 20.8 Å². The third-order valence-corrected chi connectivity index (χ3v) is 1.82. The summed E-state index contributed by atoms with van der Waals surface area (Å²) in [6.45, 7) is 6.32. The Kier molecular flexibility index (Phi) is 5.74. The molecule has 0 saturated carbocycles. The number of nitrogens with one attached hydrogen (secondary N) is 2. The summed E-state index contributed by atoms with van der Waals surface area (Å²) in [6.07, 6.45) is 0. The maximum Gasteiger partial charge on any atom is 0.317 e. The van der Waals surface area contributed by atoms with Crippen molar-refractivity contribution in [3.05, 3.63) is 0 Å². The fraction of sp³-hybridized carbons (Fsp3) is 0.800. The van der Waals surface area contributed by atoms with E-state index in [4.69, 9.17) is 0 Å². The number of carbonyl (C=O) groups is 2. The maximum absolute atomic E-state index is 11.5. The van der Waals surface area contributed by atoms with Crippen LogP contribution in [0.25, 0.3) is 0 Å². The second-order valence-corrected chi connectivity index (χ2v) is 4.20. The van der Waals surface area contributed by atoms with Gasteiger partial charge in [0.2, 0.25) is 5.91 Å². The number of hydrogen-bond acceptors (Lipinski definition) is 2. The number of hydrogen-bond donors (Lipinski definition) is 2. The van der Waals surface area contributed by atoms with E-state index < -0.39 is 6.04 Å². The second kappa shape index (κ2) is 6.27. The van der Waals surface area contributed by atoms with Crippen LogP contribution in [0.3, 0.4) is 0 Å². The van der Waals surface area contributed by atoms with Gasteiger partial charge in [0, 0.05) is 20.6 Å². The van der Waals surface area contributed by atoms with Gasteiger partial charge in [0.15, 0.2) is 0 Å². The lowest BCUT2D eigenvalue weighted by atomic mass is 10.2. The molecule has 1 unspecified atom stereocenters. The number of nitrogens with zero attached hydrogens (tertiary/aromatic N) is 1. The van der Waals surface area contributed by atoms with Gasteiger partial charge in [-0.05, 0) is 12.8 Å². The van der Waals surface area contributed by atoms with Gasteiger partial charge >= 0.3 is 6.03 Å². The molecule has 0 aliphatic heterocycles. The summed E-state index contributed by atoms with van der Waals surface area (Å²) >= 11 is 0. The second-order valence-electron chi connectivity index (χ2n) is 4.20. The molecule has 5 nitrogen and oxygen atoms in total. The zero-order valence-corrected chi connectivity index (χ0v) is 10.1. The summed E-state index contributed by atoms with van der Waals surface area (Å²) in [7, 11) is 3.27. The minimum Gasteiger partial charge on any atom is -0.354 e. The van der Waals surface area contributed by atoms with Crippen molar-refractivity contribution in [1.29, 1.82) is 0 Å². The first-order valence-corrected chi connectivity index (χ1v) is 5.10. The van der Waals surface area contributed by atoms with E-state index in [1.807, 2.05) is 13.8 Å². The van der Waals surface area contributed by atoms with Gasteiger partial charge in [0.05, 0.1) is 0 Å². The Balaban J connectivity index is 3.94. The predicted molar refractivity (Wildman–Crippen MR) is 59.5 cm³/mol. The molecule has 0 bridgehead atoms. The van der Waals surface area contributed by atoms with Gasteiger partial charge in [-0.1, -0.05) is 13.8 Å². The third kappa shape index (κ3) is 5.93. The highest BCUT2D eigenvalue weighted by Crippen LogP contribution is 1.90. The standard InChI is InChI=1S/C10H21N3O2/c1-7(2)6-11-9(14)8(3)12-10(15)13(4)5/h7-8H,6H2,1-5H3,(H,11,14)(H,12,15). The number of amides is 3. The highest BCUT2D eigenvalue weighted by atomic mass is 16.2. The van der Waals surface area contributed by atoms with Crippen LogP contribution in [0.4, 0.5) is 4.79 Å². The monoisotopic (exact) mass is 215 g/mol. The molecule has 1 atom stereocenters. The van der Waals surface area contributed by atoms with E-state index in [0.717, 1.165) is 0 Å². The van der Waals surface area contributed by atoms with Crippen molar-refractivity contribution in [1.82, 2.24) is 15.5 Å². The average molecular weight is 215 g/mol. The molecule has 0 heterocycles. The summed E-state index contributed by atoms with van der Waals surface area (Å²) in [5, 5.41) is 5.33. The smallest absolute Gasteiger partial charge is 0.317 e. The Labute approximate surface area is 91.2 Å². The van der Waals surface area contributed by atoms with Gasteiger partial charge < -0.3 is 15.5 Å². The van der Waals surface area contributed by atoms with Crippen molar-refractivity contribution in [3.8, 4) is 0 Å². The SMILES string of the molecule is CC(C)CNC(=O)C(C)NC(=O)N(C)C. The Morgan fingerprint density at radius 1 is 1.20 bits per heavy atom. The number of rotatable bonds is 4. The first-order valence-electron chi connectivity index (χ1n) is 5.10. The first kappa shape index (κ1) is 13.7.